The molecule has 0 bridgehead atoms. The van der Waals surface area contributed by atoms with Crippen molar-refractivity contribution in [1.29, 1.82) is 0 Å². The third-order valence-electron chi connectivity index (χ3n) is 7.91. The highest BCUT2D eigenvalue weighted by atomic mass is 16.5. The van der Waals surface area contributed by atoms with Crippen LogP contribution in [0.3, 0.4) is 0 Å². The molecule has 2 unspecified atom stereocenters. The number of methoxy groups -OCH3 is 4. The first kappa shape index (κ1) is 22.5. The zero-order valence-corrected chi connectivity index (χ0v) is 21.5. The van der Waals surface area contributed by atoms with Crippen LogP contribution in [0.2, 0.25) is 0 Å². The second kappa shape index (κ2) is 7.62. The molecule has 0 radical (unpaired) electrons. The number of hydrogen-bond acceptors (Lipinski definition) is 4. The standard InChI is InChI=1S/C28H34N2O4/c1-14-23-19(10-17(31-6)12-21(23)33-8)29-26(14)25-16(3)30-20-11-18(32-7)13-22(34-9)24(20)15(2)27(30)28(25,4)5/h10-13,16,25,29H,1-9H3. The Morgan fingerprint density at radius 2 is 1.38 bits per heavy atom. The fourth-order valence-corrected chi connectivity index (χ4v) is 6.60. The van der Waals surface area contributed by atoms with Crippen molar-refractivity contribution in [2.24, 2.45) is 0 Å². The first-order valence-electron chi connectivity index (χ1n) is 11.7. The van der Waals surface area contributed by atoms with Gasteiger partial charge in [0.2, 0.25) is 0 Å². The summed E-state index contributed by atoms with van der Waals surface area (Å²) in [6.07, 6.45) is 0. The molecule has 3 heterocycles. The van der Waals surface area contributed by atoms with Gasteiger partial charge in [-0.15, -0.1) is 0 Å². The van der Waals surface area contributed by atoms with Gasteiger partial charge in [-0.2, -0.15) is 0 Å². The maximum Gasteiger partial charge on any atom is 0.132 e. The molecule has 2 atom stereocenters. The second-order valence-corrected chi connectivity index (χ2v) is 9.92. The van der Waals surface area contributed by atoms with Crippen molar-refractivity contribution in [3.8, 4) is 23.0 Å². The van der Waals surface area contributed by atoms with Gasteiger partial charge in [0, 0.05) is 63.8 Å². The Hall–Kier alpha value is -3.28. The average Bonchev–Trinajstić information content (AvgIpc) is 3.38. The number of nitrogens with zero attached hydrogens (tertiary/aromatic N) is 1. The number of fused-ring (bicyclic) bond motifs is 4. The summed E-state index contributed by atoms with van der Waals surface area (Å²) in [6, 6.07) is 8.34. The Morgan fingerprint density at radius 3 is 1.97 bits per heavy atom. The lowest BCUT2D eigenvalue weighted by molar-refractivity contribution is 0.384. The van der Waals surface area contributed by atoms with Gasteiger partial charge in [-0.05, 0) is 31.9 Å². The molecule has 6 nitrogen and oxygen atoms in total. The Labute approximate surface area is 200 Å². The predicted octanol–water partition coefficient (Wildman–Crippen LogP) is 6.41. The van der Waals surface area contributed by atoms with Crippen LogP contribution in [0.25, 0.3) is 21.8 Å². The molecule has 2 aromatic heterocycles. The first-order chi connectivity index (χ1) is 16.2. The molecular formula is C28H34N2O4. The lowest BCUT2D eigenvalue weighted by atomic mass is 9.72. The summed E-state index contributed by atoms with van der Waals surface area (Å²) in [6.45, 7) is 11.4. The number of hydrogen-bond donors (Lipinski definition) is 1. The van der Waals surface area contributed by atoms with Crippen LogP contribution in [0.4, 0.5) is 0 Å². The van der Waals surface area contributed by atoms with Gasteiger partial charge in [0.15, 0.2) is 0 Å². The molecule has 180 valence electrons. The molecule has 0 saturated heterocycles. The maximum atomic E-state index is 5.78. The van der Waals surface area contributed by atoms with Crippen LogP contribution in [0, 0.1) is 13.8 Å². The van der Waals surface area contributed by atoms with Crippen LogP contribution in [0.15, 0.2) is 24.3 Å². The molecule has 1 aliphatic rings. The zero-order valence-electron chi connectivity index (χ0n) is 21.5. The number of rotatable bonds is 5. The van der Waals surface area contributed by atoms with Gasteiger partial charge in [0.25, 0.3) is 0 Å². The summed E-state index contributed by atoms with van der Waals surface area (Å²) in [4.78, 5) is 3.76. The van der Waals surface area contributed by atoms with E-state index in [0.717, 1.165) is 44.8 Å². The Bertz CT molecular complexity index is 1430. The monoisotopic (exact) mass is 462 g/mol. The Morgan fingerprint density at radius 1 is 0.794 bits per heavy atom. The van der Waals surface area contributed by atoms with E-state index in [4.69, 9.17) is 18.9 Å². The molecule has 0 saturated carbocycles. The molecule has 1 N–H and O–H groups in total. The lowest BCUT2D eigenvalue weighted by Gasteiger charge is -2.30. The van der Waals surface area contributed by atoms with E-state index in [-0.39, 0.29) is 17.4 Å². The SMILES string of the molecule is COc1cc(OC)c2c(C)c(C3C(C)n4c(c(C)c5c(OC)cc(OC)cc54)C3(C)C)[nH]c2c1. The molecule has 34 heavy (non-hydrogen) atoms. The van der Waals surface area contributed by atoms with Crippen LogP contribution in [-0.4, -0.2) is 38.0 Å². The van der Waals surface area contributed by atoms with Gasteiger partial charge in [0.05, 0.1) is 39.5 Å². The van der Waals surface area contributed by atoms with Gasteiger partial charge in [0.1, 0.15) is 23.0 Å². The summed E-state index contributed by atoms with van der Waals surface area (Å²) in [7, 11) is 6.82. The summed E-state index contributed by atoms with van der Waals surface area (Å²) in [5.74, 6) is 3.51. The zero-order chi connectivity index (χ0) is 24.5. The number of aromatic amines is 1. The highest BCUT2D eigenvalue weighted by Gasteiger charge is 2.49. The van der Waals surface area contributed by atoms with E-state index >= 15 is 0 Å². The van der Waals surface area contributed by atoms with Crippen LogP contribution < -0.4 is 18.9 Å². The second-order valence-electron chi connectivity index (χ2n) is 9.92. The van der Waals surface area contributed by atoms with Crippen molar-refractivity contribution < 1.29 is 18.9 Å². The third-order valence-corrected chi connectivity index (χ3v) is 7.91. The average molecular weight is 463 g/mol. The summed E-state index contributed by atoms with van der Waals surface area (Å²) in [5, 5.41) is 2.28. The molecule has 0 amide bonds. The minimum atomic E-state index is -0.121. The van der Waals surface area contributed by atoms with Gasteiger partial charge >= 0.3 is 0 Å². The van der Waals surface area contributed by atoms with Crippen LogP contribution in [-0.2, 0) is 5.41 Å². The number of nitrogens with one attached hydrogen (secondary N) is 1. The maximum absolute atomic E-state index is 5.78. The normalized spacial score (nSPS) is 19.0. The van der Waals surface area contributed by atoms with Crippen LogP contribution in [0.1, 0.15) is 55.2 Å². The molecule has 1 aliphatic heterocycles. The highest BCUT2D eigenvalue weighted by Crippen LogP contribution is 2.57. The van der Waals surface area contributed by atoms with Gasteiger partial charge in [-0.3, -0.25) is 0 Å². The van der Waals surface area contributed by atoms with E-state index in [1.807, 2.05) is 12.1 Å². The largest absolute Gasteiger partial charge is 0.497 e. The van der Waals surface area contributed by atoms with E-state index in [0.29, 0.717) is 0 Å². The molecule has 0 spiro atoms. The summed E-state index contributed by atoms with van der Waals surface area (Å²) >= 11 is 0. The van der Waals surface area contributed by atoms with Gasteiger partial charge in [-0.1, -0.05) is 13.8 Å². The lowest BCUT2D eigenvalue weighted by Crippen LogP contribution is -2.25. The smallest absolute Gasteiger partial charge is 0.132 e. The number of aromatic nitrogens is 2. The Kier molecular flexibility index (Phi) is 5.04. The van der Waals surface area contributed by atoms with E-state index in [1.165, 1.54) is 22.5 Å². The van der Waals surface area contributed by atoms with Crippen LogP contribution in [0.5, 0.6) is 23.0 Å². The van der Waals surface area contributed by atoms with Crippen molar-refractivity contribution in [3.63, 3.8) is 0 Å². The van der Waals surface area contributed by atoms with Gasteiger partial charge in [-0.25, -0.2) is 0 Å². The summed E-state index contributed by atoms with van der Waals surface area (Å²) < 4.78 is 25.2. The molecule has 5 rings (SSSR count). The molecule has 0 aliphatic carbocycles. The van der Waals surface area contributed by atoms with Crippen molar-refractivity contribution in [2.75, 3.05) is 28.4 Å². The molecule has 2 aromatic carbocycles. The van der Waals surface area contributed by atoms with E-state index in [1.54, 1.807) is 28.4 Å². The number of benzene rings is 2. The third kappa shape index (κ3) is 2.80. The number of H-pyrrole nitrogens is 1. The molecular weight excluding hydrogens is 428 g/mol. The van der Waals surface area contributed by atoms with Crippen LogP contribution >= 0.6 is 0 Å². The van der Waals surface area contributed by atoms with Crippen molar-refractivity contribution in [3.05, 3.63) is 46.8 Å². The minimum Gasteiger partial charge on any atom is -0.497 e. The molecule has 4 aromatic rings. The summed E-state index contributed by atoms with van der Waals surface area (Å²) in [5.41, 5.74) is 7.14. The van der Waals surface area contributed by atoms with E-state index in [2.05, 4.69) is 56.3 Å². The van der Waals surface area contributed by atoms with Crippen molar-refractivity contribution >= 4 is 21.8 Å². The highest BCUT2D eigenvalue weighted by molar-refractivity contribution is 5.94. The fourth-order valence-electron chi connectivity index (χ4n) is 6.60. The van der Waals surface area contributed by atoms with Crippen molar-refractivity contribution in [1.82, 2.24) is 9.55 Å². The quantitative estimate of drug-likeness (QED) is 0.372. The molecule has 0 fully saturated rings. The van der Waals surface area contributed by atoms with Crippen molar-refractivity contribution in [2.45, 2.75) is 52.0 Å². The topological polar surface area (TPSA) is 57.6 Å². The van der Waals surface area contributed by atoms with Gasteiger partial charge < -0.3 is 28.5 Å². The minimum absolute atomic E-state index is 0.121. The van der Waals surface area contributed by atoms with E-state index < -0.39 is 0 Å². The predicted molar refractivity (Wildman–Crippen MR) is 136 cm³/mol. The Balaban J connectivity index is 1.77. The fraction of sp³-hybridized carbons (Fsp3) is 0.429. The molecule has 6 heteroatoms. The number of ether oxygens (including phenoxy) is 4. The number of aryl methyl sites for hydroxylation is 2. The first-order valence-corrected chi connectivity index (χ1v) is 11.7. The van der Waals surface area contributed by atoms with E-state index in [9.17, 15) is 0 Å².